The molecule has 0 fully saturated rings. The molecule has 0 unspecified atom stereocenters. The van der Waals surface area contributed by atoms with Crippen molar-refractivity contribution in [1.29, 1.82) is 0 Å². The number of carbonyl (C=O) groups excluding carboxylic acids is 1. The third-order valence-electron chi connectivity index (χ3n) is 3.95. The van der Waals surface area contributed by atoms with Gasteiger partial charge in [0.2, 0.25) is 5.91 Å². The lowest BCUT2D eigenvalue weighted by Crippen LogP contribution is -2.25. The molecule has 9 heteroatoms. The van der Waals surface area contributed by atoms with Crippen LogP contribution in [0.4, 0.5) is 4.39 Å². The van der Waals surface area contributed by atoms with Gasteiger partial charge in [-0.1, -0.05) is 5.16 Å². The zero-order chi connectivity index (χ0) is 20.4. The van der Waals surface area contributed by atoms with E-state index in [0.29, 0.717) is 43.9 Å². The molecule has 0 atom stereocenters. The zero-order valence-corrected chi connectivity index (χ0v) is 17.0. The van der Waals surface area contributed by atoms with Crippen LogP contribution in [0.15, 0.2) is 35.0 Å². The van der Waals surface area contributed by atoms with Crippen molar-refractivity contribution in [3.63, 3.8) is 0 Å². The molecule has 0 aliphatic carbocycles. The van der Waals surface area contributed by atoms with Gasteiger partial charge in [0, 0.05) is 24.1 Å². The molecule has 1 amide bonds. The van der Waals surface area contributed by atoms with Gasteiger partial charge in [0.15, 0.2) is 5.76 Å². The fraction of sp³-hybridized carbons (Fsp3) is 0.474. The Morgan fingerprint density at radius 3 is 2.54 bits per heavy atom. The first-order valence-electron chi connectivity index (χ1n) is 9.31. The largest absolute Gasteiger partial charge is 0.356 e. The molecule has 28 heavy (non-hydrogen) atoms. The van der Waals surface area contributed by atoms with E-state index in [0.717, 1.165) is 5.56 Å². The number of nitrogens with one attached hydrogen (secondary N) is 1. The standard InChI is InChI=1S/C19H26FN2O5P/c1-3-25-28(24,26-4-2)13-5-12-21-18(23)11-8-16-14-22-27-19(16)15-6-9-17(20)10-7-15/h6-7,9-10,14H,3-5,8,11-13H2,1-2H3,(H,21,23). The summed E-state index contributed by atoms with van der Waals surface area (Å²) in [6.45, 7) is 4.55. The van der Waals surface area contributed by atoms with E-state index in [9.17, 15) is 13.8 Å². The summed E-state index contributed by atoms with van der Waals surface area (Å²) in [5.74, 6) is 0.0680. The number of halogens is 1. The summed E-state index contributed by atoms with van der Waals surface area (Å²) >= 11 is 0. The number of hydrogen-bond donors (Lipinski definition) is 1. The van der Waals surface area contributed by atoms with Gasteiger partial charge in [0.25, 0.3) is 0 Å². The minimum atomic E-state index is -3.08. The number of aryl methyl sites for hydroxylation is 1. The fourth-order valence-electron chi connectivity index (χ4n) is 2.67. The van der Waals surface area contributed by atoms with Crippen LogP contribution in [0.3, 0.4) is 0 Å². The first-order chi connectivity index (χ1) is 13.5. The number of benzene rings is 1. The summed E-state index contributed by atoms with van der Waals surface area (Å²) in [6.07, 6.45) is 3.02. The summed E-state index contributed by atoms with van der Waals surface area (Å²) < 4.78 is 41.1. The van der Waals surface area contributed by atoms with Crippen molar-refractivity contribution in [3.8, 4) is 11.3 Å². The highest BCUT2D eigenvalue weighted by Gasteiger charge is 2.22. The lowest BCUT2D eigenvalue weighted by molar-refractivity contribution is -0.121. The molecule has 0 bridgehead atoms. The predicted octanol–water partition coefficient (Wildman–Crippen LogP) is 4.19. The summed E-state index contributed by atoms with van der Waals surface area (Å²) in [5.41, 5.74) is 1.48. The van der Waals surface area contributed by atoms with Gasteiger partial charge in [-0.3, -0.25) is 9.36 Å². The molecular formula is C19H26FN2O5P. The number of amides is 1. The first-order valence-corrected chi connectivity index (χ1v) is 11.0. The van der Waals surface area contributed by atoms with Gasteiger partial charge in [0.05, 0.1) is 25.6 Å². The maximum atomic E-state index is 13.1. The first kappa shape index (κ1) is 22.3. The van der Waals surface area contributed by atoms with Gasteiger partial charge < -0.3 is 18.9 Å². The second kappa shape index (κ2) is 11.1. The normalized spacial score (nSPS) is 11.5. The van der Waals surface area contributed by atoms with Gasteiger partial charge in [-0.25, -0.2) is 4.39 Å². The Kier molecular flexibility index (Phi) is 8.83. The Hall–Kier alpha value is -2.02. The number of carbonyl (C=O) groups is 1. The van der Waals surface area contributed by atoms with Crippen LogP contribution in [0, 0.1) is 5.82 Å². The second-order valence-electron chi connectivity index (χ2n) is 6.06. The number of nitrogens with zero attached hydrogens (tertiary/aromatic N) is 1. The molecule has 7 nitrogen and oxygen atoms in total. The number of rotatable bonds is 12. The lowest BCUT2D eigenvalue weighted by Gasteiger charge is -2.16. The quantitative estimate of drug-likeness (QED) is 0.415. The van der Waals surface area contributed by atoms with Gasteiger partial charge in [0.1, 0.15) is 5.82 Å². The third-order valence-corrected chi connectivity index (χ3v) is 6.12. The minimum absolute atomic E-state index is 0.131. The third kappa shape index (κ3) is 6.86. The highest BCUT2D eigenvalue weighted by molar-refractivity contribution is 7.53. The van der Waals surface area contributed by atoms with E-state index in [1.807, 2.05) is 0 Å². The number of aromatic nitrogens is 1. The number of hydrogen-bond acceptors (Lipinski definition) is 6. The van der Waals surface area contributed by atoms with E-state index < -0.39 is 7.60 Å². The van der Waals surface area contributed by atoms with Crippen molar-refractivity contribution in [2.24, 2.45) is 0 Å². The maximum absolute atomic E-state index is 13.1. The average molecular weight is 412 g/mol. The lowest BCUT2D eigenvalue weighted by atomic mass is 10.1. The molecule has 1 N–H and O–H groups in total. The molecule has 0 radical (unpaired) electrons. The SMILES string of the molecule is CCOP(=O)(CCCNC(=O)CCc1cnoc1-c1ccc(F)cc1)OCC. The molecule has 1 heterocycles. The molecule has 1 aromatic heterocycles. The van der Waals surface area contributed by atoms with Crippen LogP contribution in [-0.4, -0.2) is 37.0 Å². The summed E-state index contributed by atoms with van der Waals surface area (Å²) in [6, 6.07) is 5.90. The van der Waals surface area contributed by atoms with Crippen LogP contribution in [0.1, 0.15) is 32.3 Å². The van der Waals surface area contributed by atoms with Gasteiger partial charge in [-0.15, -0.1) is 0 Å². The zero-order valence-electron chi connectivity index (χ0n) is 16.2. The minimum Gasteiger partial charge on any atom is -0.356 e. The molecule has 0 spiro atoms. The Bertz CT molecular complexity index is 784. The molecule has 0 saturated carbocycles. The van der Waals surface area contributed by atoms with E-state index in [1.165, 1.54) is 12.1 Å². The smallest absolute Gasteiger partial charge is 0.330 e. The van der Waals surface area contributed by atoms with Crippen molar-refractivity contribution in [1.82, 2.24) is 10.5 Å². The topological polar surface area (TPSA) is 90.7 Å². The van der Waals surface area contributed by atoms with Crippen molar-refractivity contribution in [2.45, 2.75) is 33.1 Å². The van der Waals surface area contributed by atoms with Crippen LogP contribution in [-0.2, 0) is 24.8 Å². The van der Waals surface area contributed by atoms with Gasteiger partial charge in [-0.05, 0) is 51.0 Å². The molecule has 2 aromatic rings. The second-order valence-corrected chi connectivity index (χ2v) is 8.25. The highest BCUT2D eigenvalue weighted by atomic mass is 31.2. The van der Waals surface area contributed by atoms with Crippen molar-refractivity contribution < 1.29 is 27.3 Å². The van der Waals surface area contributed by atoms with E-state index in [4.69, 9.17) is 13.6 Å². The predicted molar refractivity (Wildman–Crippen MR) is 104 cm³/mol. The maximum Gasteiger partial charge on any atom is 0.330 e. The Morgan fingerprint density at radius 2 is 1.89 bits per heavy atom. The average Bonchev–Trinajstić information content (AvgIpc) is 3.13. The van der Waals surface area contributed by atoms with Crippen LogP contribution >= 0.6 is 7.60 Å². The van der Waals surface area contributed by atoms with E-state index >= 15 is 0 Å². The molecular weight excluding hydrogens is 386 g/mol. The summed E-state index contributed by atoms with van der Waals surface area (Å²) in [4.78, 5) is 12.1. The molecule has 0 saturated heterocycles. The van der Waals surface area contributed by atoms with Crippen molar-refractivity contribution >= 4 is 13.5 Å². The van der Waals surface area contributed by atoms with Gasteiger partial charge >= 0.3 is 7.60 Å². The Balaban J connectivity index is 1.77. The summed E-state index contributed by atoms with van der Waals surface area (Å²) in [7, 11) is -3.08. The Labute approximate surface area is 164 Å². The Morgan fingerprint density at radius 1 is 1.21 bits per heavy atom. The van der Waals surface area contributed by atoms with Gasteiger partial charge in [-0.2, -0.15) is 0 Å². The molecule has 154 valence electrons. The molecule has 0 aliphatic heterocycles. The van der Waals surface area contributed by atoms with Crippen LogP contribution in [0.2, 0.25) is 0 Å². The van der Waals surface area contributed by atoms with E-state index in [2.05, 4.69) is 10.5 Å². The molecule has 2 rings (SSSR count). The van der Waals surface area contributed by atoms with Crippen molar-refractivity contribution in [2.75, 3.05) is 25.9 Å². The molecule has 1 aromatic carbocycles. The fourth-order valence-corrected chi connectivity index (χ4v) is 4.34. The summed E-state index contributed by atoms with van der Waals surface area (Å²) in [5, 5.41) is 6.57. The van der Waals surface area contributed by atoms with Crippen molar-refractivity contribution in [3.05, 3.63) is 41.8 Å². The van der Waals surface area contributed by atoms with Crippen LogP contribution in [0.25, 0.3) is 11.3 Å². The monoisotopic (exact) mass is 412 g/mol. The van der Waals surface area contributed by atoms with E-state index in [-0.39, 0.29) is 24.3 Å². The highest BCUT2D eigenvalue weighted by Crippen LogP contribution is 2.48. The van der Waals surface area contributed by atoms with E-state index in [1.54, 1.807) is 32.2 Å². The van der Waals surface area contributed by atoms with Crippen LogP contribution in [0.5, 0.6) is 0 Å². The van der Waals surface area contributed by atoms with Crippen LogP contribution < -0.4 is 5.32 Å². The molecule has 0 aliphatic rings.